The van der Waals surface area contributed by atoms with Crippen molar-refractivity contribution in [1.29, 1.82) is 0 Å². The number of hydrogen-bond donors (Lipinski definition) is 2. The van der Waals surface area contributed by atoms with E-state index in [4.69, 9.17) is 10.5 Å². The lowest BCUT2D eigenvalue weighted by atomic mass is 10.1. The first-order chi connectivity index (χ1) is 10.7. The summed E-state index contributed by atoms with van der Waals surface area (Å²) in [6.45, 7) is 5.59. The van der Waals surface area contributed by atoms with Crippen molar-refractivity contribution in [3.63, 3.8) is 0 Å². The summed E-state index contributed by atoms with van der Waals surface area (Å²) in [5.41, 5.74) is 10.5. The monoisotopic (exact) mass is 295 g/mol. The Labute approximate surface area is 131 Å². The van der Waals surface area contributed by atoms with Gasteiger partial charge < -0.3 is 20.7 Å². The van der Waals surface area contributed by atoms with Crippen LogP contribution in [0, 0.1) is 0 Å². The maximum absolute atomic E-state index is 5.60. The number of rotatable bonds is 5. The average molecular weight is 295 g/mol. The molecule has 4 heteroatoms. The fourth-order valence-corrected chi connectivity index (χ4v) is 2.89. The van der Waals surface area contributed by atoms with E-state index in [2.05, 4.69) is 41.1 Å². The Kier molecular flexibility index (Phi) is 3.92. The van der Waals surface area contributed by atoms with Gasteiger partial charge in [0.25, 0.3) is 0 Å². The molecule has 2 aromatic carbocycles. The molecule has 2 aromatic rings. The zero-order valence-electron chi connectivity index (χ0n) is 12.8. The molecule has 0 aromatic heterocycles. The van der Waals surface area contributed by atoms with Gasteiger partial charge in [-0.15, -0.1) is 0 Å². The van der Waals surface area contributed by atoms with Crippen molar-refractivity contribution in [2.45, 2.75) is 13.0 Å². The van der Waals surface area contributed by atoms with Gasteiger partial charge in [-0.25, -0.2) is 0 Å². The second kappa shape index (κ2) is 6.02. The Morgan fingerprint density at radius 1 is 1.32 bits per heavy atom. The maximum atomic E-state index is 5.60. The van der Waals surface area contributed by atoms with E-state index in [1.807, 2.05) is 18.2 Å². The molecule has 0 saturated heterocycles. The zero-order valence-corrected chi connectivity index (χ0v) is 12.8. The number of nitrogens with zero attached hydrogens (tertiary/aromatic N) is 1. The van der Waals surface area contributed by atoms with Crippen molar-refractivity contribution in [1.82, 2.24) is 0 Å². The summed E-state index contributed by atoms with van der Waals surface area (Å²) in [6, 6.07) is 14.6. The molecule has 0 aliphatic carbocycles. The van der Waals surface area contributed by atoms with Crippen molar-refractivity contribution < 1.29 is 4.74 Å². The van der Waals surface area contributed by atoms with Crippen LogP contribution in [0.3, 0.4) is 0 Å². The Hall–Kier alpha value is -2.62. The molecule has 0 bridgehead atoms. The lowest BCUT2D eigenvalue weighted by molar-refractivity contribution is 0.414. The van der Waals surface area contributed by atoms with Gasteiger partial charge in [0, 0.05) is 24.5 Å². The molecule has 22 heavy (non-hydrogen) atoms. The fraction of sp³-hybridized carbons (Fsp3) is 0.222. The zero-order chi connectivity index (χ0) is 15.5. The highest BCUT2D eigenvalue weighted by atomic mass is 16.5. The van der Waals surface area contributed by atoms with Gasteiger partial charge in [-0.1, -0.05) is 18.7 Å². The number of nitrogens with one attached hydrogen (secondary N) is 1. The Morgan fingerprint density at radius 3 is 2.95 bits per heavy atom. The number of anilines is 2. The summed E-state index contributed by atoms with van der Waals surface area (Å²) >= 11 is 0. The van der Waals surface area contributed by atoms with Crippen molar-refractivity contribution in [2.24, 2.45) is 5.73 Å². The van der Waals surface area contributed by atoms with Gasteiger partial charge in [0.15, 0.2) is 0 Å². The number of methoxy groups -OCH3 is 1. The third-order valence-corrected chi connectivity index (χ3v) is 3.88. The topological polar surface area (TPSA) is 50.5 Å². The number of hydrogen-bond acceptors (Lipinski definition) is 4. The molecule has 1 aliphatic heterocycles. The minimum Gasteiger partial charge on any atom is -0.497 e. The quantitative estimate of drug-likeness (QED) is 0.890. The van der Waals surface area contributed by atoms with Crippen LogP contribution in [0.4, 0.5) is 11.4 Å². The van der Waals surface area contributed by atoms with Crippen LogP contribution in [0.25, 0.3) is 0 Å². The van der Waals surface area contributed by atoms with Gasteiger partial charge in [0.2, 0.25) is 0 Å². The molecule has 1 aliphatic rings. The smallest absolute Gasteiger partial charge is 0.119 e. The molecular formula is C18H21N3O. The van der Waals surface area contributed by atoms with E-state index in [1.54, 1.807) is 7.11 Å². The minimum atomic E-state index is 0.464. The summed E-state index contributed by atoms with van der Waals surface area (Å²) in [7, 11) is 1.70. The summed E-state index contributed by atoms with van der Waals surface area (Å²) < 4.78 is 5.29. The fourth-order valence-electron chi connectivity index (χ4n) is 2.89. The van der Waals surface area contributed by atoms with Crippen molar-refractivity contribution >= 4 is 11.4 Å². The number of ether oxygens (including phenoxy) is 1. The Morgan fingerprint density at radius 2 is 2.18 bits per heavy atom. The van der Waals surface area contributed by atoms with E-state index in [-0.39, 0.29) is 0 Å². The van der Waals surface area contributed by atoms with E-state index < -0.39 is 0 Å². The molecule has 0 atom stereocenters. The molecule has 0 amide bonds. The summed E-state index contributed by atoms with van der Waals surface area (Å²) in [4.78, 5) is 2.39. The van der Waals surface area contributed by atoms with Crippen LogP contribution in [0.5, 0.6) is 5.75 Å². The second-order valence-corrected chi connectivity index (χ2v) is 5.52. The summed E-state index contributed by atoms with van der Waals surface area (Å²) in [6.07, 6.45) is 1.05. The van der Waals surface area contributed by atoms with E-state index in [0.717, 1.165) is 30.9 Å². The molecule has 0 saturated carbocycles. The van der Waals surface area contributed by atoms with E-state index >= 15 is 0 Å². The third-order valence-electron chi connectivity index (χ3n) is 3.88. The van der Waals surface area contributed by atoms with Gasteiger partial charge in [0.1, 0.15) is 5.75 Å². The summed E-state index contributed by atoms with van der Waals surface area (Å²) in [5, 5.41) is 3.06. The number of benzene rings is 2. The van der Waals surface area contributed by atoms with Crippen molar-refractivity contribution in [2.75, 3.05) is 23.9 Å². The highest BCUT2D eigenvalue weighted by Gasteiger charge is 2.19. The van der Waals surface area contributed by atoms with Crippen LogP contribution in [0.1, 0.15) is 11.1 Å². The van der Waals surface area contributed by atoms with Gasteiger partial charge in [0.05, 0.1) is 12.9 Å². The lowest BCUT2D eigenvalue weighted by Gasteiger charge is -2.20. The average Bonchev–Trinajstić information content (AvgIpc) is 2.89. The van der Waals surface area contributed by atoms with Crippen LogP contribution in [0.2, 0.25) is 0 Å². The van der Waals surface area contributed by atoms with Crippen molar-refractivity contribution in [3.05, 3.63) is 66.0 Å². The van der Waals surface area contributed by atoms with Gasteiger partial charge in [-0.2, -0.15) is 0 Å². The Balaban J connectivity index is 1.77. The van der Waals surface area contributed by atoms with E-state index in [9.17, 15) is 0 Å². The van der Waals surface area contributed by atoms with E-state index in [1.165, 1.54) is 16.8 Å². The first kappa shape index (κ1) is 14.3. The summed E-state index contributed by atoms with van der Waals surface area (Å²) in [5.74, 6) is 1.36. The number of nitrogens with two attached hydrogens (primary N) is 1. The van der Waals surface area contributed by atoms with Crippen LogP contribution >= 0.6 is 0 Å². The molecule has 0 fully saturated rings. The molecular weight excluding hydrogens is 274 g/mol. The largest absolute Gasteiger partial charge is 0.497 e. The first-order valence-electron chi connectivity index (χ1n) is 7.38. The van der Waals surface area contributed by atoms with Crippen LogP contribution < -0.4 is 20.7 Å². The van der Waals surface area contributed by atoms with Crippen molar-refractivity contribution in [3.8, 4) is 5.75 Å². The molecule has 1 heterocycles. The molecule has 0 radical (unpaired) electrons. The molecule has 0 unspecified atom stereocenters. The van der Waals surface area contributed by atoms with E-state index in [0.29, 0.717) is 5.82 Å². The third kappa shape index (κ3) is 3.01. The van der Waals surface area contributed by atoms with Crippen LogP contribution in [-0.4, -0.2) is 13.7 Å². The SMILES string of the molecule is C=C(N)Nc1ccc2c(c1)CCN2Cc1cccc(OC)c1. The predicted molar refractivity (Wildman–Crippen MR) is 91.1 cm³/mol. The van der Waals surface area contributed by atoms with Gasteiger partial charge in [-0.05, 0) is 47.9 Å². The van der Waals surface area contributed by atoms with Gasteiger partial charge >= 0.3 is 0 Å². The molecule has 114 valence electrons. The highest BCUT2D eigenvalue weighted by Crippen LogP contribution is 2.32. The van der Waals surface area contributed by atoms with Gasteiger partial charge in [-0.3, -0.25) is 0 Å². The second-order valence-electron chi connectivity index (χ2n) is 5.52. The molecule has 3 N–H and O–H groups in total. The lowest BCUT2D eigenvalue weighted by Crippen LogP contribution is -2.19. The highest BCUT2D eigenvalue weighted by molar-refractivity contribution is 5.65. The van der Waals surface area contributed by atoms with Crippen LogP contribution in [-0.2, 0) is 13.0 Å². The molecule has 4 nitrogen and oxygen atoms in total. The first-order valence-corrected chi connectivity index (χ1v) is 7.38. The van der Waals surface area contributed by atoms with Crippen LogP contribution in [0.15, 0.2) is 54.9 Å². The minimum absolute atomic E-state index is 0.464. The Bertz CT molecular complexity index is 696. The molecule has 0 spiro atoms. The maximum Gasteiger partial charge on any atom is 0.119 e. The standard InChI is InChI=1S/C18H21N3O/c1-13(19)20-16-6-7-18-15(11-16)8-9-21(18)12-14-4-3-5-17(10-14)22-2/h3-7,10-11,20H,1,8-9,12,19H2,2H3. The number of fused-ring (bicyclic) bond motifs is 1. The predicted octanol–water partition coefficient (Wildman–Crippen LogP) is 3.10. The molecule has 3 rings (SSSR count). The normalized spacial score (nSPS) is 12.9.